The quantitative estimate of drug-likeness (QED) is 0.822. The highest BCUT2D eigenvalue weighted by Gasteiger charge is 2.32. The summed E-state index contributed by atoms with van der Waals surface area (Å²) in [4.78, 5) is 0. The van der Waals surface area contributed by atoms with Crippen LogP contribution in [0.3, 0.4) is 0 Å². The number of rotatable bonds is 3. The summed E-state index contributed by atoms with van der Waals surface area (Å²) in [6.07, 6.45) is 0.719. The van der Waals surface area contributed by atoms with Crippen LogP contribution in [0.5, 0.6) is 0 Å². The highest BCUT2D eigenvalue weighted by molar-refractivity contribution is 7.91. The molecule has 5 nitrogen and oxygen atoms in total. The molecular formula is C9H14N2O3S2. The van der Waals surface area contributed by atoms with Crippen molar-refractivity contribution in [2.75, 3.05) is 25.4 Å². The smallest absolute Gasteiger partial charge is 0.252 e. The van der Waals surface area contributed by atoms with Gasteiger partial charge in [0.15, 0.2) is 0 Å². The molecule has 1 aromatic heterocycles. The predicted octanol–water partition coefficient (Wildman–Crippen LogP) is 0.333. The van der Waals surface area contributed by atoms with Gasteiger partial charge in [-0.25, -0.2) is 8.42 Å². The molecule has 0 aromatic carbocycles. The Balaban J connectivity index is 2.21. The zero-order valence-corrected chi connectivity index (χ0v) is 10.3. The minimum absolute atomic E-state index is 0.0403. The van der Waals surface area contributed by atoms with Crippen LogP contribution >= 0.6 is 11.3 Å². The highest BCUT2D eigenvalue weighted by atomic mass is 32.2. The predicted molar refractivity (Wildman–Crippen MR) is 62.7 cm³/mol. The first-order valence-electron chi connectivity index (χ1n) is 4.99. The van der Waals surface area contributed by atoms with Crippen molar-refractivity contribution in [1.82, 2.24) is 4.31 Å². The molecule has 0 spiro atoms. The van der Waals surface area contributed by atoms with Crippen molar-refractivity contribution in [3.63, 3.8) is 0 Å². The highest BCUT2D eigenvalue weighted by Crippen LogP contribution is 2.28. The number of nitrogens with zero attached hydrogens (tertiary/aromatic N) is 1. The van der Waals surface area contributed by atoms with Crippen LogP contribution in [0.2, 0.25) is 0 Å². The Hall–Kier alpha value is -0.630. The lowest BCUT2D eigenvalue weighted by atomic mass is 10.1. The number of nitrogens with two attached hydrogens (primary N) is 1. The standard InChI is InChI=1S/C9H14N2O3S2/c10-8-3-9(15-6-8)16(13,14)11-2-1-7(4-11)5-12/h3,6-7,12H,1-2,4-5,10H2. The van der Waals surface area contributed by atoms with Crippen molar-refractivity contribution < 1.29 is 13.5 Å². The fourth-order valence-electron chi connectivity index (χ4n) is 1.76. The van der Waals surface area contributed by atoms with Gasteiger partial charge in [-0.15, -0.1) is 11.3 Å². The fraction of sp³-hybridized carbons (Fsp3) is 0.556. The van der Waals surface area contributed by atoms with E-state index >= 15 is 0 Å². The molecule has 90 valence electrons. The van der Waals surface area contributed by atoms with Gasteiger partial charge in [-0.05, 0) is 18.4 Å². The number of anilines is 1. The van der Waals surface area contributed by atoms with E-state index in [1.54, 1.807) is 5.38 Å². The average Bonchev–Trinajstić information content (AvgIpc) is 2.85. The molecule has 0 amide bonds. The molecule has 1 unspecified atom stereocenters. The lowest BCUT2D eigenvalue weighted by Crippen LogP contribution is -2.28. The Kier molecular flexibility index (Phi) is 3.20. The molecule has 16 heavy (non-hydrogen) atoms. The SMILES string of the molecule is Nc1csc(S(=O)(=O)N2CCC(CO)C2)c1. The molecule has 2 rings (SSSR count). The summed E-state index contributed by atoms with van der Waals surface area (Å²) < 4.78 is 25.9. The topological polar surface area (TPSA) is 83.6 Å². The molecule has 1 fully saturated rings. The van der Waals surface area contributed by atoms with Gasteiger partial charge >= 0.3 is 0 Å². The zero-order chi connectivity index (χ0) is 11.8. The second-order valence-corrected chi connectivity index (χ2v) is 6.98. The van der Waals surface area contributed by atoms with E-state index in [9.17, 15) is 8.42 Å². The first-order chi connectivity index (χ1) is 7.54. The van der Waals surface area contributed by atoms with E-state index in [2.05, 4.69) is 0 Å². The minimum Gasteiger partial charge on any atom is -0.398 e. The molecular weight excluding hydrogens is 248 g/mol. The maximum absolute atomic E-state index is 12.1. The summed E-state index contributed by atoms with van der Waals surface area (Å²) >= 11 is 1.14. The number of aliphatic hydroxyl groups excluding tert-OH is 1. The van der Waals surface area contributed by atoms with Crippen LogP contribution in [0.25, 0.3) is 0 Å². The van der Waals surface area contributed by atoms with Crippen molar-refractivity contribution in [3.8, 4) is 0 Å². The van der Waals surface area contributed by atoms with Gasteiger partial charge in [0.2, 0.25) is 0 Å². The van der Waals surface area contributed by atoms with Gasteiger partial charge in [-0.1, -0.05) is 0 Å². The van der Waals surface area contributed by atoms with Crippen LogP contribution in [-0.4, -0.2) is 37.5 Å². The van der Waals surface area contributed by atoms with Crippen LogP contribution < -0.4 is 5.73 Å². The maximum Gasteiger partial charge on any atom is 0.252 e. The number of nitrogen functional groups attached to an aromatic ring is 1. The summed E-state index contributed by atoms with van der Waals surface area (Å²) in [5.74, 6) is 0.0621. The van der Waals surface area contributed by atoms with E-state index in [1.807, 2.05) is 0 Å². The van der Waals surface area contributed by atoms with Crippen LogP contribution in [0.1, 0.15) is 6.42 Å². The molecule has 2 heterocycles. The first-order valence-corrected chi connectivity index (χ1v) is 7.31. The van der Waals surface area contributed by atoms with Gasteiger partial charge in [-0.3, -0.25) is 0 Å². The number of sulfonamides is 1. The second kappa shape index (κ2) is 4.33. The monoisotopic (exact) mass is 262 g/mol. The third kappa shape index (κ3) is 2.08. The second-order valence-electron chi connectivity index (χ2n) is 3.90. The summed E-state index contributed by atoms with van der Waals surface area (Å²) in [6.45, 7) is 0.917. The average molecular weight is 262 g/mol. The van der Waals surface area contributed by atoms with E-state index in [1.165, 1.54) is 10.4 Å². The van der Waals surface area contributed by atoms with Crippen LogP contribution in [0.4, 0.5) is 5.69 Å². The van der Waals surface area contributed by atoms with Crippen molar-refractivity contribution in [2.24, 2.45) is 5.92 Å². The van der Waals surface area contributed by atoms with Crippen LogP contribution in [0, 0.1) is 5.92 Å². The van der Waals surface area contributed by atoms with Gasteiger partial charge in [0.25, 0.3) is 10.0 Å². The normalized spacial score (nSPS) is 22.7. The molecule has 0 bridgehead atoms. The summed E-state index contributed by atoms with van der Waals surface area (Å²) in [7, 11) is -3.40. The third-order valence-corrected chi connectivity index (χ3v) is 6.00. The molecule has 0 aliphatic carbocycles. The van der Waals surface area contributed by atoms with Crippen LogP contribution in [0.15, 0.2) is 15.7 Å². The largest absolute Gasteiger partial charge is 0.398 e. The van der Waals surface area contributed by atoms with E-state index in [-0.39, 0.29) is 16.7 Å². The van der Waals surface area contributed by atoms with Gasteiger partial charge in [0, 0.05) is 30.8 Å². The Morgan fingerprint density at radius 1 is 1.62 bits per heavy atom. The van der Waals surface area contributed by atoms with Gasteiger partial charge < -0.3 is 10.8 Å². The van der Waals surface area contributed by atoms with Gasteiger partial charge in [0.1, 0.15) is 4.21 Å². The third-order valence-electron chi connectivity index (χ3n) is 2.70. The van der Waals surface area contributed by atoms with E-state index in [4.69, 9.17) is 10.8 Å². The first kappa shape index (κ1) is 11.8. The summed E-state index contributed by atoms with van der Waals surface area (Å²) in [5.41, 5.74) is 5.99. The number of hydrogen-bond acceptors (Lipinski definition) is 5. The molecule has 1 atom stereocenters. The maximum atomic E-state index is 12.1. The van der Waals surface area contributed by atoms with E-state index < -0.39 is 10.0 Å². The Morgan fingerprint density at radius 3 is 2.88 bits per heavy atom. The molecule has 3 N–H and O–H groups in total. The van der Waals surface area contributed by atoms with E-state index in [0.29, 0.717) is 18.8 Å². The molecule has 0 saturated carbocycles. The Bertz CT molecular complexity index is 469. The van der Waals surface area contributed by atoms with Crippen molar-refractivity contribution in [1.29, 1.82) is 0 Å². The molecule has 1 aliphatic heterocycles. The lowest BCUT2D eigenvalue weighted by Gasteiger charge is -2.14. The van der Waals surface area contributed by atoms with Gasteiger partial charge in [0.05, 0.1) is 0 Å². The number of thiophene rings is 1. The number of hydrogen-bond donors (Lipinski definition) is 2. The van der Waals surface area contributed by atoms with Crippen LogP contribution in [-0.2, 0) is 10.0 Å². The zero-order valence-electron chi connectivity index (χ0n) is 8.67. The summed E-state index contributed by atoms with van der Waals surface area (Å²) in [5, 5.41) is 10.6. The Morgan fingerprint density at radius 2 is 2.38 bits per heavy atom. The van der Waals surface area contributed by atoms with Gasteiger partial charge in [-0.2, -0.15) is 4.31 Å². The fourth-order valence-corrected chi connectivity index (χ4v) is 4.52. The number of aliphatic hydroxyl groups is 1. The van der Waals surface area contributed by atoms with Crippen molar-refractivity contribution >= 4 is 27.0 Å². The lowest BCUT2D eigenvalue weighted by molar-refractivity contribution is 0.233. The molecule has 1 aromatic rings. The van der Waals surface area contributed by atoms with E-state index in [0.717, 1.165) is 17.8 Å². The molecule has 7 heteroatoms. The molecule has 1 saturated heterocycles. The van der Waals surface area contributed by atoms with Crippen molar-refractivity contribution in [3.05, 3.63) is 11.4 Å². The summed E-state index contributed by atoms with van der Waals surface area (Å²) in [6, 6.07) is 1.48. The Labute approximate surface area is 98.5 Å². The molecule has 0 radical (unpaired) electrons. The minimum atomic E-state index is -3.40. The van der Waals surface area contributed by atoms with Crippen molar-refractivity contribution in [2.45, 2.75) is 10.6 Å². The molecule has 1 aliphatic rings.